The van der Waals surface area contributed by atoms with E-state index in [4.69, 9.17) is 14.2 Å². The van der Waals surface area contributed by atoms with E-state index in [1.165, 1.54) is 96.3 Å². The van der Waals surface area contributed by atoms with Gasteiger partial charge in [0.05, 0.1) is 39.1 Å². The van der Waals surface area contributed by atoms with Gasteiger partial charge in [-0.2, -0.15) is 0 Å². The summed E-state index contributed by atoms with van der Waals surface area (Å²) in [5.41, 5.74) is 0. The van der Waals surface area contributed by atoms with E-state index in [0.29, 0.717) is 56.3 Å². The Labute approximate surface area is 376 Å². The molecule has 0 aromatic heterocycles. The van der Waals surface area contributed by atoms with Crippen molar-refractivity contribution in [1.29, 1.82) is 0 Å². The van der Waals surface area contributed by atoms with Crippen LogP contribution in [0, 0.1) is 24.7 Å². The zero-order chi connectivity index (χ0) is 41.5. The average molecular weight is 940 g/mol. The minimum Gasteiger partial charge on any atom is -0.466 e. The van der Waals surface area contributed by atoms with Crippen LogP contribution in [0.4, 0.5) is 0 Å². The van der Waals surface area contributed by atoms with E-state index >= 15 is 0 Å². The molecule has 0 aliphatic carbocycles. The number of hydrogen-bond donors (Lipinski definition) is 0. The van der Waals surface area contributed by atoms with Crippen LogP contribution in [-0.4, -0.2) is 78.9 Å². The molecule has 0 amide bonds. The number of rotatable bonds is 33. The van der Waals surface area contributed by atoms with E-state index in [1.54, 1.807) is 0 Å². The van der Waals surface area contributed by atoms with Crippen molar-refractivity contribution in [3.05, 3.63) is 6.92 Å². The Balaban J connectivity index is -0.000000201. The van der Waals surface area contributed by atoms with Crippen molar-refractivity contribution >= 4 is 79.7 Å². The number of ether oxygens (including phenoxy) is 3. The minimum absolute atomic E-state index is 0. The predicted molar refractivity (Wildman–Crippen MR) is 247 cm³/mol. The Morgan fingerprint density at radius 2 is 0.691 bits per heavy atom. The molecule has 0 bridgehead atoms. The molecule has 0 aromatic rings. The molecular formula is C45H88O6S3Sn. The van der Waals surface area contributed by atoms with E-state index in [9.17, 15) is 14.4 Å². The molecule has 0 spiro atoms. The largest absolute Gasteiger partial charge is 0.466 e. The van der Waals surface area contributed by atoms with Gasteiger partial charge in [-0.05, 0) is 37.0 Å². The van der Waals surface area contributed by atoms with E-state index in [2.05, 4.69) is 93.3 Å². The van der Waals surface area contributed by atoms with Gasteiger partial charge in [-0.3, -0.25) is 14.4 Å². The van der Waals surface area contributed by atoms with Gasteiger partial charge in [0.2, 0.25) is 0 Å². The molecule has 10 heteroatoms. The summed E-state index contributed by atoms with van der Waals surface area (Å²) >= 11 is 14.0. The first-order valence-corrected chi connectivity index (χ1v) is 23.6. The fraction of sp³-hybridized carbons (Fsp3) is 0.911. The second-order valence-electron chi connectivity index (χ2n) is 15.4. The third kappa shape index (κ3) is 72.3. The normalized spacial score (nSPS) is 10.4. The van der Waals surface area contributed by atoms with Gasteiger partial charge in [0.1, 0.15) is 0 Å². The Hall–Kier alpha value is 0.259. The molecule has 6 nitrogen and oxygen atoms in total. The van der Waals surface area contributed by atoms with E-state index in [0.717, 1.165) is 62.7 Å². The van der Waals surface area contributed by atoms with Crippen molar-refractivity contribution in [3.63, 3.8) is 0 Å². The van der Waals surface area contributed by atoms with Gasteiger partial charge in [-0.25, -0.2) is 0 Å². The first-order valence-electron chi connectivity index (χ1n) is 21.9. The average Bonchev–Trinajstić information content (AvgIpc) is 3.11. The van der Waals surface area contributed by atoms with Crippen LogP contribution >= 0.6 is 37.9 Å². The monoisotopic (exact) mass is 940 g/mol. The summed E-state index contributed by atoms with van der Waals surface area (Å²) in [5.74, 6) is 3.27. The molecule has 0 fully saturated rings. The predicted octanol–water partition coefficient (Wildman–Crippen LogP) is 14.4. The van der Waals surface area contributed by atoms with E-state index < -0.39 is 0 Å². The Bertz CT molecular complexity index is 665. The fourth-order valence-corrected chi connectivity index (χ4v) is 5.51. The van der Waals surface area contributed by atoms with Crippen LogP contribution in [-0.2, 0) is 28.6 Å². The van der Waals surface area contributed by atoms with Gasteiger partial charge in [-0.15, -0.1) is 0 Å². The van der Waals surface area contributed by atoms with E-state index in [1.807, 2.05) is 0 Å². The number of carbonyl (C=O) groups excluding carboxylic acids is 3. The molecule has 0 saturated heterocycles. The second kappa shape index (κ2) is 56.4. The molecule has 0 atom stereocenters. The van der Waals surface area contributed by atoms with Crippen LogP contribution < -0.4 is 0 Å². The molecule has 8 radical (unpaired) electrons. The summed E-state index contributed by atoms with van der Waals surface area (Å²) in [6.07, 6.45) is 28.9. The number of carbonyl (C=O) groups is 3. The molecule has 0 unspecified atom stereocenters. The molecule has 0 aliphatic rings. The van der Waals surface area contributed by atoms with E-state index in [-0.39, 0.29) is 41.8 Å². The fourth-order valence-electron chi connectivity index (χ4n) is 5.01. The zero-order valence-corrected chi connectivity index (χ0v) is 42.3. The van der Waals surface area contributed by atoms with Crippen molar-refractivity contribution < 1.29 is 28.6 Å². The molecule has 55 heavy (non-hydrogen) atoms. The van der Waals surface area contributed by atoms with Crippen molar-refractivity contribution in [2.75, 3.05) is 37.1 Å². The van der Waals surface area contributed by atoms with Crippen molar-refractivity contribution in [2.24, 2.45) is 17.8 Å². The van der Waals surface area contributed by atoms with Gasteiger partial charge in [0.25, 0.3) is 0 Å². The Kier molecular flexibility index (Phi) is 66.0. The molecule has 0 N–H and O–H groups in total. The smallest absolute Gasteiger partial charge is 0.306 e. The second-order valence-corrected chi connectivity index (χ2v) is 16.7. The molecule has 0 aromatic carbocycles. The summed E-state index contributed by atoms with van der Waals surface area (Å²) in [4.78, 5) is 32.7. The molecular weight excluding hydrogens is 851 g/mol. The van der Waals surface area contributed by atoms with Gasteiger partial charge >= 0.3 is 17.9 Å². The first-order chi connectivity index (χ1) is 25.9. The topological polar surface area (TPSA) is 78.9 Å². The summed E-state index contributed by atoms with van der Waals surface area (Å²) in [6, 6.07) is 0. The molecule has 0 saturated carbocycles. The van der Waals surface area contributed by atoms with Crippen molar-refractivity contribution in [1.82, 2.24) is 0 Å². The maximum absolute atomic E-state index is 10.9. The summed E-state index contributed by atoms with van der Waals surface area (Å²) in [7, 11) is 0. The quantitative estimate of drug-likeness (QED) is 0.0282. The maximum Gasteiger partial charge on any atom is 0.306 e. The maximum atomic E-state index is 10.9. The van der Waals surface area contributed by atoms with Gasteiger partial charge in [-0.1, -0.05) is 215 Å². The molecule has 0 heterocycles. The van der Waals surface area contributed by atoms with Crippen LogP contribution in [0.2, 0.25) is 0 Å². The number of unbranched alkanes of at least 4 members (excludes halogenated alkanes) is 15. The van der Waals surface area contributed by atoms with Crippen LogP contribution in [0.5, 0.6) is 0 Å². The van der Waals surface area contributed by atoms with Gasteiger partial charge < -0.3 is 14.2 Å². The van der Waals surface area contributed by atoms with Crippen LogP contribution in [0.1, 0.15) is 209 Å². The number of hydrogen-bond acceptors (Lipinski definition) is 6. The van der Waals surface area contributed by atoms with Crippen LogP contribution in [0.15, 0.2) is 0 Å². The van der Waals surface area contributed by atoms with Crippen molar-refractivity contribution in [3.8, 4) is 0 Å². The van der Waals surface area contributed by atoms with Gasteiger partial charge in [0.15, 0.2) is 0 Å². The summed E-state index contributed by atoms with van der Waals surface area (Å²) in [6.45, 7) is 21.2. The Morgan fingerprint density at radius 3 is 0.927 bits per heavy atom. The Morgan fingerprint density at radius 1 is 0.436 bits per heavy atom. The number of esters is 3. The molecule has 326 valence electrons. The minimum atomic E-state index is -0.149. The van der Waals surface area contributed by atoms with Crippen LogP contribution in [0.3, 0.4) is 0 Å². The van der Waals surface area contributed by atoms with Crippen LogP contribution in [0.25, 0.3) is 0 Å². The third-order valence-corrected chi connectivity index (χ3v) is 8.95. The summed E-state index contributed by atoms with van der Waals surface area (Å²) in [5, 5.41) is 0. The summed E-state index contributed by atoms with van der Waals surface area (Å²) < 4.78 is 15.0. The van der Waals surface area contributed by atoms with Gasteiger partial charge in [0, 0.05) is 41.2 Å². The standard InChI is InChI=1S/C12H25.3C11H21O2S.Sn/c1-3-5-7-9-11-12-10-8-6-4-2;3*1-10(2)6-4-3-5-8-13-11(12)7-9-14;/h1,3-12H2,2H3;3*10H,3-9H2,1-2H3;. The first kappa shape index (κ1) is 64.4. The SMILES string of the molecule is CC(C)CCCCCOC(=O)CC[S].CC(C)CCCCCOC(=O)CC[S].CC(C)CCCCCOC(=O)CC[S].[CH2]CCCCCCCCCCC.[Sn]. The molecule has 0 aliphatic heterocycles. The van der Waals surface area contributed by atoms with Crippen molar-refractivity contribution in [2.45, 2.75) is 209 Å². The molecule has 0 rings (SSSR count). The zero-order valence-electron chi connectivity index (χ0n) is 37.0. The third-order valence-electron chi connectivity index (χ3n) is 8.34.